The molecule has 2 aromatic carbocycles. The highest BCUT2D eigenvalue weighted by atomic mass is 16.5. The monoisotopic (exact) mass is 477 g/mol. The fraction of sp³-hybridized carbons (Fsp3) is 0.393. The number of aryl methyl sites for hydroxylation is 1. The third-order valence-corrected chi connectivity index (χ3v) is 6.26. The van der Waals surface area contributed by atoms with E-state index in [1.807, 2.05) is 66.2 Å². The van der Waals surface area contributed by atoms with E-state index in [0.29, 0.717) is 37.0 Å². The van der Waals surface area contributed by atoms with Gasteiger partial charge in [-0.05, 0) is 51.0 Å². The van der Waals surface area contributed by atoms with Gasteiger partial charge in [-0.3, -0.25) is 4.90 Å². The van der Waals surface area contributed by atoms with E-state index in [4.69, 9.17) is 19.3 Å². The predicted octanol–water partition coefficient (Wildman–Crippen LogP) is 4.90. The summed E-state index contributed by atoms with van der Waals surface area (Å²) in [7, 11) is 1.63. The highest BCUT2D eigenvalue weighted by Gasteiger charge is 2.28. The summed E-state index contributed by atoms with van der Waals surface area (Å²) in [5, 5.41) is 15.6. The zero-order chi connectivity index (χ0) is 24.8. The summed E-state index contributed by atoms with van der Waals surface area (Å²) in [5.41, 5.74) is 1.66. The van der Waals surface area contributed by atoms with E-state index in [9.17, 15) is 5.11 Å². The number of ether oxygens (including phenoxy) is 3. The Morgan fingerprint density at radius 1 is 1.20 bits per heavy atom. The van der Waals surface area contributed by atoms with Gasteiger partial charge < -0.3 is 19.3 Å². The zero-order valence-corrected chi connectivity index (χ0v) is 20.8. The Balaban J connectivity index is 1.74. The predicted molar refractivity (Wildman–Crippen MR) is 136 cm³/mol. The number of methoxy groups -OCH3 is 1. The van der Waals surface area contributed by atoms with Crippen molar-refractivity contribution in [1.29, 1.82) is 0 Å². The highest BCUT2D eigenvalue weighted by Crippen LogP contribution is 2.36. The minimum Gasteiger partial charge on any atom is -0.493 e. The number of rotatable bonds is 11. The molecule has 2 unspecified atom stereocenters. The van der Waals surface area contributed by atoms with Crippen LogP contribution in [0.1, 0.15) is 31.0 Å². The van der Waals surface area contributed by atoms with Gasteiger partial charge in [-0.2, -0.15) is 5.10 Å². The van der Waals surface area contributed by atoms with Crippen LogP contribution in [0.2, 0.25) is 0 Å². The molecule has 0 bridgehead atoms. The van der Waals surface area contributed by atoms with Crippen molar-refractivity contribution in [2.45, 2.75) is 44.9 Å². The van der Waals surface area contributed by atoms with Crippen LogP contribution >= 0.6 is 0 Å². The van der Waals surface area contributed by atoms with Crippen molar-refractivity contribution in [1.82, 2.24) is 14.7 Å². The molecule has 0 saturated carbocycles. The van der Waals surface area contributed by atoms with E-state index in [0.717, 1.165) is 36.4 Å². The van der Waals surface area contributed by atoms with Crippen molar-refractivity contribution in [3.63, 3.8) is 0 Å². The SMILES string of the molecule is C=CC(C)(O)CN(Cc1c(C)nn(-c2ccccc2)c1Oc1ccccc1OC)CC1CCCO1. The van der Waals surface area contributed by atoms with Crippen LogP contribution in [0.5, 0.6) is 17.4 Å². The number of hydrogen-bond acceptors (Lipinski definition) is 6. The fourth-order valence-corrected chi connectivity index (χ4v) is 4.38. The fourth-order valence-electron chi connectivity index (χ4n) is 4.38. The standard InChI is InChI=1S/C28H35N3O4/c1-5-28(3,32)20-30(18-23-14-11-17-34-23)19-24-21(2)29-31(22-12-7-6-8-13-22)27(24)35-26-16-10-9-15-25(26)33-4/h5-10,12-13,15-16,23,32H,1,11,14,17-20H2,2-4H3. The van der Waals surface area contributed by atoms with Crippen LogP contribution < -0.4 is 9.47 Å². The second-order valence-electron chi connectivity index (χ2n) is 9.24. The molecule has 0 aliphatic carbocycles. The minimum atomic E-state index is -1.04. The molecule has 1 N–H and O–H groups in total. The topological polar surface area (TPSA) is 69.0 Å². The average Bonchev–Trinajstić information content (AvgIpc) is 3.48. The van der Waals surface area contributed by atoms with E-state index >= 15 is 0 Å². The maximum Gasteiger partial charge on any atom is 0.227 e. The van der Waals surface area contributed by atoms with Crippen LogP contribution in [0.25, 0.3) is 5.69 Å². The van der Waals surface area contributed by atoms with E-state index < -0.39 is 5.60 Å². The summed E-state index contributed by atoms with van der Waals surface area (Å²) >= 11 is 0. The van der Waals surface area contributed by atoms with E-state index in [-0.39, 0.29) is 6.10 Å². The molecule has 7 heteroatoms. The van der Waals surface area contributed by atoms with Crippen molar-refractivity contribution in [2.24, 2.45) is 0 Å². The van der Waals surface area contributed by atoms with Crippen molar-refractivity contribution in [3.8, 4) is 23.1 Å². The number of hydrogen-bond donors (Lipinski definition) is 1. The van der Waals surface area contributed by atoms with Crippen molar-refractivity contribution in [2.75, 3.05) is 26.8 Å². The minimum absolute atomic E-state index is 0.138. The molecule has 4 rings (SSSR count). The molecule has 1 aliphatic heterocycles. The highest BCUT2D eigenvalue weighted by molar-refractivity contribution is 5.47. The van der Waals surface area contributed by atoms with Crippen LogP contribution in [0.4, 0.5) is 0 Å². The maximum absolute atomic E-state index is 10.8. The Labute approximate surface area is 207 Å². The van der Waals surface area contributed by atoms with Crippen LogP contribution in [0.3, 0.4) is 0 Å². The Hall–Kier alpha value is -3.13. The number of benzene rings is 2. The molecular formula is C28H35N3O4. The lowest BCUT2D eigenvalue weighted by atomic mass is 10.1. The molecule has 0 amide bonds. The van der Waals surface area contributed by atoms with Gasteiger partial charge in [0.25, 0.3) is 0 Å². The van der Waals surface area contributed by atoms with Gasteiger partial charge in [-0.1, -0.05) is 36.4 Å². The number of aromatic nitrogens is 2. The molecule has 1 aromatic heterocycles. The first-order valence-corrected chi connectivity index (χ1v) is 12.0. The van der Waals surface area contributed by atoms with Crippen molar-refractivity contribution >= 4 is 0 Å². The number of nitrogens with zero attached hydrogens (tertiary/aromatic N) is 3. The molecule has 1 fully saturated rings. The van der Waals surface area contributed by atoms with E-state index in [1.165, 1.54) is 0 Å². The van der Waals surface area contributed by atoms with E-state index in [1.54, 1.807) is 20.1 Å². The summed E-state index contributed by atoms with van der Waals surface area (Å²) in [5.74, 6) is 1.87. The van der Waals surface area contributed by atoms with Gasteiger partial charge in [0.15, 0.2) is 11.5 Å². The largest absolute Gasteiger partial charge is 0.493 e. The Bertz CT molecular complexity index is 1120. The molecule has 1 aliphatic rings. The molecule has 0 radical (unpaired) electrons. The van der Waals surface area contributed by atoms with Gasteiger partial charge in [0.2, 0.25) is 5.88 Å². The lowest BCUT2D eigenvalue weighted by Crippen LogP contribution is -2.42. The van der Waals surface area contributed by atoms with Gasteiger partial charge in [0.1, 0.15) is 0 Å². The lowest BCUT2D eigenvalue weighted by molar-refractivity contribution is 0.0239. The van der Waals surface area contributed by atoms with E-state index in [2.05, 4.69) is 11.5 Å². The van der Waals surface area contributed by atoms with Gasteiger partial charge in [0.05, 0.1) is 35.8 Å². The quantitative estimate of drug-likeness (QED) is 0.396. The Morgan fingerprint density at radius 2 is 1.91 bits per heavy atom. The van der Waals surface area contributed by atoms with Gasteiger partial charge in [-0.15, -0.1) is 6.58 Å². The summed E-state index contributed by atoms with van der Waals surface area (Å²) in [6.07, 6.45) is 3.80. The van der Waals surface area contributed by atoms with Crippen molar-refractivity contribution in [3.05, 3.63) is 78.5 Å². The summed E-state index contributed by atoms with van der Waals surface area (Å²) < 4.78 is 19.8. The second kappa shape index (κ2) is 11.1. The third kappa shape index (κ3) is 6.11. The van der Waals surface area contributed by atoms with Gasteiger partial charge in [-0.25, -0.2) is 4.68 Å². The lowest BCUT2D eigenvalue weighted by Gasteiger charge is -2.31. The maximum atomic E-state index is 10.8. The van der Waals surface area contributed by atoms with Crippen LogP contribution in [-0.2, 0) is 11.3 Å². The molecule has 3 aromatic rings. The molecule has 35 heavy (non-hydrogen) atoms. The summed E-state index contributed by atoms with van der Waals surface area (Å²) in [6, 6.07) is 17.5. The number of aliphatic hydroxyl groups is 1. The van der Waals surface area contributed by atoms with Crippen LogP contribution in [0, 0.1) is 6.92 Å². The zero-order valence-electron chi connectivity index (χ0n) is 20.8. The van der Waals surface area contributed by atoms with Gasteiger partial charge in [0, 0.05) is 26.2 Å². The van der Waals surface area contributed by atoms with Crippen LogP contribution in [-0.4, -0.2) is 58.3 Å². The normalized spacial score (nSPS) is 17.3. The number of para-hydroxylation sites is 3. The summed E-state index contributed by atoms with van der Waals surface area (Å²) in [6.45, 7) is 10.0. The third-order valence-electron chi connectivity index (χ3n) is 6.26. The first-order valence-electron chi connectivity index (χ1n) is 12.0. The van der Waals surface area contributed by atoms with Crippen LogP contribution in [0.15, 0.2) is 67.3 Å². The first-order chi connectivity index (χ1) is 16.9. The Kier molecular flexibility index (Phi) is 7.90. The van der Waals surface area contributed by atoms with Gasteiger partial charge >= 0.3 is 0 Å². The molecule has 186 valence electrons. The van der Waals surface area contributed by atoms with Crippen molar-refractivity contribution < 1.29 is 19.3 Å². The first kappa shape index (κ1) is 25.0. The smallest absolute Gasteiger partial charge is 0.227 e. The molecule has 2 atom stereocenters. The molecule has 7 nitrogen and oxygen atoms in total. The second-order valence-corrected chi connectivity index (χ2v) is 9.24. The average molecular weight is 478 g/mol. The molecule has 2 heterocycles. The Morgan fingerprint density at radius 3 is 2.57 bits per heavy atom. The molecular weight excluding hydrogens is 442 g/mol. The summed E-state index contributed by atoms with van der Waals surface area (Å²) in [4.78, 5) is 2.20. The molecule has 1 saturated heterocycles. The molecule has 0 spiro atoms.